The highest BCUT2D eigenvalue weighted by Gasteiger charge is 2.03. The number of halogens is 2. The molecule has 1 heterocycles. The summed E-state index contributed by atoms with van der Waals surface area (Å²) in [6.07, 6.45) is 0. The molecule has 2 nitrogen and oxygen atoms in total. The molecule has 10 heavy (non-hydrogen) atoms. The van der Waals surface area contributed by atoms with Gasteiger partial charge in [0.15, 0.2) is 0 Å². The molecule has 0 amide bonds. The fourth-order valence-corrected chi connectivity index (χ4v) is 0.884. The van der Waals surface area contributed by atoms with Gasteiger partial charge in [-0.3, -0.25) is 0 Å². The first-order valence-corrected chi connectivity index (χ1v) is 3.32. The Kier molecular flexibility index (Phi) is 2.02. The first-order chi connectivity index (χ1) is 4.61. The van der Waals surface area contributed by atoms with Gasteiger partial charge in [-0.15, -0.1) is 0 Å². The van der Waals surface area contributed by atoms with Crippen LogP contribution in [-0.4, -0.2) is 0 Å². The van der Waals surface area contributed by atoms with Gasteiger partial charge in [-0.05, 0) is 13.0 Å². The summed E-state index contributed by atoms with van der Waals surface area (Å²) in [5.41, 5.74) is -0.591. The minimum Gasteiger partial charge on any atom is -0.427 e. The third-order valence-electron chi connectivity index (χ3n) is 0.973. The van der Waals surface area contributed by atoms with Gasteiger partial charge in [0.2, 0.25) is 0 Å². The molecule has 0 fully saturated rings. The molecule has 1 aromatic heterocycles. The van der Waals surface area contributed by atoms with Crippen LogP contribution >= 0.6 is 23.2 Å². The van der Waals surface area contributed by atoms with E-state index in [0.717, 1.165) is 0 Å². The molecule has 0 atom stereocenters. The molecular weight excluding hydrogens is 175 g/mol. The van der Waals surface area contributed by atoms with E-state index < -0.39 is 5.63 Å². The van der Waals surface area contributed by atoms with Gasteiger partial charge in [0.1, 0.15) is 10.8 Å². The van der Waals surface area contributed by atoms with Crippen LogP contribution in [0.15, 0.2) is 15.3 Å². The molecule has 0 saturated heterocycles. The van der Waals surface area contributed by atoms with Crippen molar-refractivity contribution in [1.82, 2.24) is 0 Å². The van der Waals surface area contributed by atoms with Crippen LogP contribution < -0.4 is 5.63 Å². The molecule has 0 unspecified atom stereocenters. The molecule has 0 aromatic carbocycles. The van der Waals surface area contributed by atoms with Gasteiger partial charge in [-0.1, -0.05) is 23.2 Å². The van der Waals surface area contributed by atoms with E-state index in [-0.39, 0.29) is 10.0 Å². The van der Waals surface area contributed by atoms with Crippen LogP contribution in [0.25, 0.3) is 0 Å². The van der Waals surface area contributed by atoms with Crippen molar-refractivity contribution in [2.75, 3.05) is 0 Å². The summed E-state index contributed by atoms with van der Waals surface area (Å²) in [5, 5.41) is 0.169. The van der Waals surface area contributed by atoms with Crippen molar-refractivity contribution in [2.24, 2.45) is 0 Å². The van der Waals surface area contributed by atoms with Gasteiger partial charge in [0.05, 0.1) is 5.02 Å². The highest BCUT2D eigenvalue weighted by molar-refractivity contribution is 6.41. The van der Waals surface area contributed by atoms with E-state index in [0.29, 0.717) is 5.76 Å². The molecule has 0 aliphatic heterocycles. The second kappa shape index (κ2) is 2.64. The summed E-state index contributed by atoms with van der Waals surface area (Å²) < 4.78 is 4.62. The lowest BCUT2D eigenvalue weighted by molar-refractivity contribution is 0.480. The van der Waals surface area contributed by atoms with Crippen LogP contribution in [0.2, 0.25) is 10.0 Å². The first kappa shape index (κ1) is 7.63. The van der Waals surface area contributed by atoms with Crippen LogP contribution in [0.4, 0.5) is 0 Å². The van der Waals surface area contributed by atoms with E-state index in [1.807, 2.05) is 0 Å². The fraction of sp³-hybridized carbons (Fsp3) is 0.167. The summed E-state index contributed by atoms with van der Waals surface area (Å²) in [7, 11) is 0. The smallest absolute Gasteiger partial charge is 0.356 e. The van der Waals surface area contributed by atoms with Crippen LogP contribution in [0.5, 0.6) is 0 Å². The minimum absolute atomic E-state index is 0.0627. The maximum atomic E-state index is 10.7. The normalized spacial score (nSPS) is 9.90. The van der Waals surface area contributed by atoms with E-state index in [9.17, 15) is 4.79 Å². The summed E-state index contributed by atoms with van der Waals surface area (Å²) >= 11 is 10.9. The fourth-order valence-electron chi connectivity index (χ4n) is 0.560. The van der Waals surface area contributed by atoms with Gasteiger partial charge < -0.3 is 4.42 Å². The van der Waals surface area contributed by atoms with Gasteiger partial charge in [-0.2, -0.15) is 0 Å². The van der Waals surface area contributed by atoms with E-state index in [4.69, 9.17) is 23.2 Å². The molecule has 0 spiro atoms. The quantitative estimate of drug-likeness (QED) is 0.611. The lowest BCUT2D eigenvalue weighted by Gasteiger charge is -1.93. The molecule has 0 saturated carbocycles. The van der Waals surface area contributed by atoms with E-state index >= 15 is 0 Å². The standard InChI is InChI=1S/C6H4Cl2O2/c1-3-2-4(7)5(8)6(9)10-3/h2H,1H3. The number of hydrogen-bond acceptors (Lipinski definition) is 2. The number of rotatable bonds is 0. The monoisotopic (exact) mass is 178 g/mol. The topological polar surface area (TPSA) is 30.2 Å². The first-order valence-electron chi connectivity index (χ1n) is 2.57. The van der Waals surface area contributed by atoms with E-state index in [1.54, 1.807) is 6.92 Å². The maximum absolute atomic E-state index is 10.7. The summed E-state index contributed by atoms with van der Waals surface area (Å²) in [6.45, 7) is 1.63. The molecule has 1 rings (SSSR count). The van der Waals surface area contributed by atoms with E-state index in [2.05, 4.69) is 4.42 Å². The Labute approximate surface area is 67.4 Å². The SMILES string of the molecule is Cc1cc(Cl)c(Cl)c(=O)o1. The molecule has 0 aliphatic rings. The average Bonchev–Trinajstić information content (AvgIpc) is 1.82. The summed E-state index contributed by atoms with van der Waals surface area (Å²) in [4.78, 5) is 10.7. The second-order valence-corrected chi connectivity index (χ2v) is 2.59. The van der Waals surface area contributed by atoms with Crippen LogP contribution in [0.1, 0.15) is 5.76 Å². The number of aryl methyl sites for hydroxylation is 1. The Hall–Kier alpha value is -0.470. The van der Waals surface area contributed by atoms with E-state index in [1.165, 1.54) is 6.07 Å². The maximum Gasteiger partial charge on any atom is 0.356 e. The number of hydrogen-bond donors (Lipinski definition) is 0. The average molecular weight is 179 g/mol. The van der Waals surface area contributed by atoms with Crippen molar-refractivity contribution in [1.29, 1.82) is 0 Å². The highest BCUT2D eigenvalue weighted by atomic mass is 35.5. The largest absolute Gasteiger partial charge is 0.427 e. The van der Waals surface area contributed by atoms with Gasteiger partial charge in [0, 0.05) is 0 Å². The lowest BCUT2D eigenvalue weighted by Crippen LogP contribution is -1.99. The van der Waals surface area contributed by atoms with Crippen LogP contribution in [0.3, 0.4) is 0 Å². The zero-order valence-electron chi connectivity index (χ0n) is 5.15. The molecular formula is C6H4Cl2O2. The van der Waals surface area contributed by atoms with Crippen molar-refractivity contribution in [3.63, 3.8) is 0 Å². The predicted molar refractivity (Wildman–Crippen MR) is 39.7 cm³/mol. The molecule has 54 valence electrons. The van der Waals surface area contributed by atoms with Gasteiger partial charge in [0.25, 0.3) is 0 Å². The molecule has 0 aliphatic carbocycles. The molecule has 0 N–H and O–H groups in total. The Morgan fingerprint density at radius 2 is 2.10 bits per heavy atom. The van der Waals surface area contributed by atoms with Crippen molar-refractivity contribution in [3.05, 3.63) is 32.3 Å². The van der Waals surface area contributed by atoms with Crippen molar-refractivity contribution in [3.8, 4) is 0 Å². The molecule has 1 aromatic rings. The summed E-state index contributed by atoms with van der Waals surface area (Å²) in [5.74, 6) is 0.458. The van der Waals surface area contributed by atoms with Crippen LogP contribution in [0, 0.1) is 6.92 Å². The zero-order chi connectivity index (χ0) is 7.72. The highest BCUT2D eigenvalue weighted by Crippen LogP contribution is 2.17. The third-order valence-corrected chi connectivity index (χ3v) is 1.73. The Balaban J connectivity index is 3.46. The van der Waals surface area contributed by atoms with Crippen molar-refractivity contribution < 1.29 is 4.42 Å². The lowest BCUT2D eigenvalue weighted by atomic mass is 10.4. The third kappa shape index (κ3) is 1.33. The summed E-state index contributed by atoms with van der Waals surface area (Å²) in [6, 6.07) is 1.49. The molecule has 0 radical (unpaired) electrons. The Morgan fingerprint density at radius 3 is 2.60 bits per heavy atom. The zero-order valence-corrected chi connectivity index (χ0v) is 6.66. The molecule has 0 bridgehead atoms. The Morgan fingerprint density at radius 1 is 1.50 bits per heavy atom. The van der Waals surface area contributed by atoms with Crippen molar-refractivity contribution >= 4 is 23.2 Å². The van der Waals surface area contributed by atoms with Gasteiger partial charge in [-0.25, -0.2) is 4.79 Å². The predicted octanol–water partition coefficient (Wildman–Crippen LogP) is 2.26. The molecule has 4 heteroatoms. The second-order valence-electron chi connectivity index (χ2n) is 1.81. The van der Waals surface area contributed by atoms with Gasteiger partial charge >= 0.3 is 5.63 Å². The minimum atomic E-state index is -0.591. The van der Waals surface area contributed by atoms with Crippen molar-refractivity contribution in [2.45, 2.75) is 6.92 Å². The Bertz CT molecular complexity index is 303. The van der Waals surface area contributed by atoms with Crippen LogP contribution in [-0.2, 0) is 0 Å².